The van der Waals surface area contributed by atoms with Gasteiger partial charge in [-0.05, 0) is 13.3 Å². The fourth-order valence-corrected chi connectivity index (χ4v) is 1.91. The molecule has 0 saturated carbocycles. The molecule has 0 aliphatic rings. The molecule has 0 aliphatic heterocycles. The lowest BCUT2D eigenvalue weighted by molar-refractivity contribution is -0.142. The highest BCUT2D eigenvalue weighted by Crippen LogP contribution is 2.01. The van der Waals surface area contributed by atoms with E-state index in [1.54, 1.807) is 0 Å². The zero-order chi connectivity index (χ0) is 19.6. The molecule has 0 aromatic carbocycles. The number of aliphatic carboxylic acids is 1. The predicted octanol–water partition coefficient (Wildman–Crippen LogP) is -3.30. The number of hydrogen-bond donors (Lipinski definition) is 7. The Hall–Kier alpha value is -2.34. The summed E-state index contributed by atoms with van der Waals surface area (Å²) < 4.78 is 0. The molecule has 0 aromatic rings. The molecule has 0 radical (unpaired) electrons. The van der Waals surface area contributed by atoms with Crippen molar-refractivity contribution in [2.24, 2.45) is 11.5 Å². The molecule has 142 valence electrons. The number of carboxylic acid groups (broad SMARTS) is 1. The Morgan fingerprint density at radius 1 is 1.04 bits per heavy atom. The van der Waals surface area contributed by atoms with E-state index >= 15 is 0 Å². The average Bonchev–Trinajstić information content (AvgIpc) is 2.55. The van der Waals surface area contributed by atoms with Crippen molar-refractivity contribution in [3.63, 3.8) is 0 Å². The number of thiol groups is 1. The van der Waals surface area contributed by atoms with E-state index in [1.165, 1.54) is 6.92 Å². The summed E-state index contributed by atoms with van der Waals surface area (Å²) in [5.41, 5.74) is 10.2. The summed E-state index contributed by atoms with van der Waals surface area (Å²) in [6, 6.07) is -3.46. The quantitative estimate of drug-likeness (QED) is 0.183. The number of amides is 4. The van der Waals surface area contributed by atoms with Crippen LogP contribution in [0, 0.1) is 0 Å². The fraction of sp³-hybridized carbons (Fsp3) is 0.615. The summed E-state index contributed by atoms with van der Waals surface area (Å²) in [5.74, 6) is -4.14. The number of carboxylic acids is 1. The summed E-state index contributed by atoms with van der Waals surface area (Å²) in [4.78, 5) is 57.3. The van der Waals surface area contributed by atoms with Gasteiger partial charge in [0.2, 0.25) is 23.6 Å². The summed E-state index contributed by atoms with van der Waals surface area (Å²) in [6.45, 7) is 0.907. The topological polar surface area (TPSA) is 194 Å². The summed E-state index contributed by atoms with van der Waals surface area (Å²) >= 11 is 3.94. The Kier molecular flexibility index (Phi) is 10.2. The molecule has 0 spiro atoms. The minimum atomic E-state index is -1.27. The molecular weight excluding hydrogens is 354 g/mol. The van der Waals surface area contributed by atoms with Gasteiger partial charge in [0.25, 0.3) is 0 Å². The molecule has 0 fully saturated rings. The minimum Gasteiger partial charge on any atom is -0.480 e. The molecule has 4 amide bonds. The lowest BCUT2D eigenvalue weighted by atomic mass is 10.1. The van der Waals surface area contributed by atoms with Crippen molar-refractivity contribution >= 4 is 42.2 Å². The Morgan fingerprint density at radius 3 is 2.04 bits per heavy atom. The van der Waals surface area contributed by atoms with Crippen LogP contribution < -0.4 is 27.4 Å². The molecule has 25 heavy (non-hydrogen) atoms. The average molecular weight is 377 g/mol. The maximum Gasteiger partial charge on any atom is 0.325 e. The standard InChI is InChI=1S/C13H23N5O6S/c1-6(13(23)24)16-11(21)7(2-3-9(15)19)18-12(22)8(5-25)17-10(20)4-14/h6-8,25H,2-5,14H2,1H3,(H2,15,19)(H,16,21)(H,17,20)(H,18,22)(H,23,24). The van der Waals surface area contributed by atoms with Crippen LogP contribution in [-0.2, 0) is 24.0 Å². The normalized spacial score (nSPS) is 13.9. The van der Waals surface area contributed by atoms with Gasteiger partial charge in [0.1, 0.15) is 18.1 Å². The molecule has 0 saturated heterocycles. The zero-order valence-electron chi connectivity index (χ0n) is 13.7. The molecule has 3 atom stereocenters. The molecule has 0 aliphatic carbocycles. The molecule has 3 unspecified atom stereocenters. The second kappa shape index (κ2) is 11.3. The van der Waals surface area contributed by atoms with Crippen LogP contribution >= 0.6 is 12.6 Å². The second-order valence-electron chi connectivity index (χ2n) is 5.14. The number of hydrogen-bond acceptors (Lipinski definition) is 7. The van der Waals surface area contributed by atoms with E-state index in [-0.39, 0.29) is 25.1 Å². The predicted molar refractivity (Wildman–Crippen MR) is 90.4 cm³/mol. The molecule has 8 N–H and O–H groups in total. The van der Waals surface area contributed by atoms with Crippen LogP contribution in [0.25, 0.3) is 0 Å². The van der Waals surface area contributed by atoms with Gasteiger partial charge in [0.15, 0.2) is 0 Å². The molecule has 0 rings (SSSR count). The molecule has 0 heterocycles. The third kappa shape index (κ3) is 8.91. The van der Waals surface area contributed by atoms with E-state index in [0.29, 0.717) is 0 Å². The van der Waals surface area contributed by atoms with Crippen molar-refractivity contribution in [1.82, 2.24) is 16.0 Å². The first kappa shape index (κ1) is 22.7. The first-order valence-electron chi connectivity index (χ1n) is 7.34. The first-order chi connectivity index (χ1) is 11.6. The van der Waals surface area contributed by atoms with Gasteiger partial charge in [-0.3, -0.25) is 24.0 Å². The monoisotopic (exact) mass is 377 g/mol. The number of carbonyl (C=O) groups is 5. The van der Waals surface area contributed by atoms with Gasteiger partial charge >= 0.3 is 5.97 Å². The van der Waals surface area contributed by atoms with Crippen LogP contribution in [0.5, 0.6) is 0 Å². The fourth-order valence-electron chi connectivity index (χ4n) is 1.65. The van der Waals surface area contributed by atoms with Gasteiger partial charge in [-0.2, -0.15) is 12.6 Å². The highest BCUT2D eigenvalue weighted by Gasteiger charge is 2.27. The molecule has 0 bridgehead atoms. The van der Waals surface area contributed by atoms with E-state index in [9.17, 15) is 24.0 Å². The highest BCUT2D eigenvalue weighted by atomic mass is 32.1. The van der Waals surface area contributed by atoms with E-state index in [0.717, 1.165) is 0 Å². The van der Waals surface area contributed by atoms with Gasteiger partial charge in [0.05, 0.1) is 6.54 Å². The van der Waals surface area contributed by atoms with Crippen molar-refractivity contribution in [3.05, 3.63) is 0 Å². The van der Waals surface area contributed by atoms with Crippen molar-refractivity contribution in [3.8, 4) is 0 Å². The van der Waals surface area contributed by atoms with Crippen LogP contribution in [0.2, 0.25) is 0 Å². The van der Waals surface area contributed by atoms with Crippen molar-refractivity contribution in [2.75, 3.05) is 12.3 Å². The van der Waals surface area contributed by atoms with Crippen molar-refractivity contribution in [2.45, 2.75) is 37.9 Å². The van der Waals surface area contributed by atoms with E-state index in [1.807, 2.05) is 0 Å². The van der Waals surface area contributed by atoms with Crippen LogP contribution in [-0.4, -0.2) is 65.1 Å². The zero-order valence-corrected chi connectivity index (χ0v) is 14.5. The molecular formula is C13H23N5O6S. The smallest absolute Gasteiger partial charge is 0.325 e. The van der Waals surface area contributed by atoms with E-state index in [4.69, 9.17) is 16.6 Å². The number of carbonyl (C=O) groups excluding carboxylic acids is 4. The highest BCUT2D eigenvalue weighted by molar-refractivity contribution is 7.80. The lowest BCUT2D eigenvalue weighted by Crippen LogP contribution is -2.56. The minimum absolute atomic E-state index is 0.0622. The van der Waals surface area contributed by atoms with Gasteiger partial charge < -0.3 is 32.5 Å². The van der Waals surface area contributed by atoms with Gasteiger partial charge in [-0.1, -0.05) is 0 Å². The van der Waals surface area contributed by atoms with E-state index < -0.39 is 47.7 Å². The maximum atomic E-state index is 12.2. The van der Waals surface area contributed by atoms with E-state index in [2.05, 4.69) is 28.6 Å². The molecule has 0 aromatic heterocycles. The number of nitrogens with two attached hydrogens (primary N) is 2. The summed E-state index contributed by atoms with van der Waals surface area (Å²) in [6.07, 6.45) is -0.343. The van der Waals surface area contributed by atoms with Gasteiger partial charge in [-0.25, -0.2) is 0 Å². The first-order valence-corrected chi connectivity index (χ1v) is 7.97. The number of primary amides is 1. The second-order valence-corrected chi connectivity index (χ2v) is 5.51. The van der Waals surface area contributed by atoms with Crippen molar-refractivity contribution in [1.29, 1.82) is 0 Å². The van der Waals surface area contributed by atoms with Crippen LogP contribution in [0.3, 0.4) is 0 Å². The molecule has 12 heteroatoms. The van der Waals surface area contributed by atoms with Gasteiger partial charge in [0, 0.05) is 12.2 Å². The third-order valence-corrected chi connectivity index (χ3v) is 3.43. The van der Waals surface area contributed by atoms with Crippen LogP contribution in [0.1, 0.15) is 19.8 Å². The summed E-state index contributed by atoms with van der Waals surface area (Å²) in [7, 11) is 0. The Labute approximate surface area is 149 Å². The Balaban J connectivity index is 5.04. The van der Waals surface area contributed by atoms with Crippen LogP contribution in [0.15, 0.2) is 0 Å². The van der Waals surface area contributed by atoms with Crippen molar-refractivity contribution < 1.29 is 29.1 Å². The Bertz CT molecular complexity index is 529. The number of rotatable bonds is 11. The molecule has 11 nitrogen and oxygen atoms in total. The Morgan fingerprint density at radius 2 is 1.60 bits per heavy atom. The SMILES string of the molecule is CC(NC(=O)C(CCC(N)=O)NC(=O)C(CS)NC(=O)CN)C(=O)O. The lowest BCUT2D eigenvalue weighted by Gasteiger charge is -2.22. The number of nitrogens with one attached hydrogen (secondary N) is 3. The largest absolute Gasteiger partial charge is 0.480 e. The van der Waals surface area contributed by atoms with Crippen LogP contribution in [0.4, 0.5) is 0 Å². The third-order valence-electron chi connectivity index (χ3n) is 3.06. The summed E-state index contributed by atoms with van der Waals surface area (Å²) in [5, 5.41) is 15.7. The maximum absolute atomic E-state index is 12.2. The van der Waals surface area contributed by atoms with Gasteiger partial charge in [-0.15, -0.1) is 0 Å².